The van der Waals surface area contributed by atoms with E-state index < -0.39 is 11.6 Å². The molecule has 3 rings (SSSR count). The van der Waals surface area contributed by atoms with Crippen LogP contribution < -0.4 is 5.73 Å². The Morgan fingerprint density at radius 2 is 1.87 bits per heavy atom. The Balaban J connectivity index is 2.07. The summed E-state index contributed by atoms with van der Waals surface area (Å²) in [5, 5.41) is 8.18. The highest BCUT2D eigenvalue weighted by Crippen LogP contribution is 2.25. The molecule has 1 heterocycles. The molecule has 0 amide bonds. The summed E-state index contributed by atoms with van der Waals surface area (Å²) in [6.45, 7) is 2.66. The molecule has 0 saturated carbocycles. The van der Waals surface area contributed by atoms with Crippen LogP contribution in [-0.2, 0) is 13.1 Å². The van der Waals surface area contributed by atoms with Gasteiger partial charge in [-0.05, 0) is 36.2 Å². The second kappa shape index (κ2) is 6.26. The van der Waals surface area contributed by atoms with Crippen LogP contribution >= 0.6 is 0 Å². The van der Waals surface area contributed by atoms with E-state index in [4.69, 9.17) is 5.73 Å². The first-order valence-electron chi connectivity index (χ1n) is 7.22. The average Bonchev–Trinajstić information content (AvgIpc) is 2.95. The van der Waals surface area contributed by atoms with Crippen molar-refractivity contribution >= 4 is 0 Å². The van der Waals surface area contributed by atoms with Gasteiger partial charge in [-0.25, -0.2) is 13.5 Å². The maximum absolute atomic E-state index is 13.6. The Labute approximate surface area is 132 Å². The smallest absolute Gasteiger partial charge is 0.159 e. The van der Waals surface area contributed by atoms with E-state index in [1.165, 1.54) is 6.07 Å². The fraction of sp³-hybridized carbons (Fsp3) is 0.176. The monoisotopic (exact) mass is 314 g/mol. The zero-order chi connectivity index (χ0) is 16.4. The number of hydrogen-bond donors (Lipinski definition) is 1. The number of nitrogens with zero attached hydrogens (tertiary/aromatic N) is 3. The van der Waals surface area contributed by atoms with E-state index in [-0.39, 0.29) is 6.54 Å². The largest absolute Gasteiger partial charge is 0.325 e. The molecule has 2 aromatic carbocycles. The van der Waals surface area contributed by atoms with Crippen molar-refractivity contribution in [2.75, 3.05) is 0 Å². The molecule has 0 atom stereocenters. The Bertz CT molecular complexity index is 842. The van der Waals surface area contributed by atoms with Gasteiger partial charge in [0.1, 0.15) is 5.69 Å². The Morgan fingerprint density at radius 1 is 1.09 bits per heavy atom. The Kier molecular flexibility index (Phi) is 4.16. The third-order valence-electron chi connectivity index (χ3n) is 3.77. The maximum Gasteiger partial charge on any atom is 0.159 e. The minimum atomic E-state index is -0.908. The molecule has 118 valence electrons. The molecule has 0 bridgehead atoms. The predicted octanol–water partition coefficient (Wildman–Crippen LogP) is 3.04. The first kappa shape index (κ1) is 15.3. The summed E-state index contributed by atoms with van der Waals surface area (Å²) in [5.74, 6) is -1.80. The number of benzene rings is 2. The molecule has 0 aliphatic heterocycles. The van der Waals surface area contributed by atoms with Gasteiger partial charge < -0.3 is 5.73 Å². The highest BCUT2D eigenvalue weighted by atomic mass is 19.2. The molecular weight excluding hydrogens is 298 g/mol. The molecule has 0 unspecified atom stereocenters. The van der Waals surface area contributed by atoms with Crippen molar-refractivity contribution < 1.29 is 8.78 Å². The summed E-state index contributed by atoms with van der Waals surface area (Å²) in [4.78, 5) is 0. The molecule has 0 fully saturated rings. The quantitative estimate of drug-likeness (QED) is 0.805. The summed E-state index contributed by atoms with van der Waals surface area (Å²) in [6, 6.07) is 11.6. The van der Waals surface area contributed by atoms with Crippen molar-refractivity contribution in [3.63, 3.8) is 0 Å². The van der Waals surface area contributed by atoms with E-state index in [9.17, 15) is 8.78 Å². The number of rotatable bonds is 4. The van der Waals surface area contributed by atoms with Crippen molar-refractivity contribution in [3.05, 3.63) is 70.9 Å². The zero-order valence-corrected chi connectivity index (χ0v) is 12.6. The molecule has 0 aliphatic carbocycles. The number of halogens is 2. The molecule has 0 aliphatic rings. The lowest BCUT2D eigenvalue weighted by atomic mass is 10.1. The van der Waals surface area contributed by atoms with E-state index >= 15 is 0 Å². The summed E-state index contributed by atoms with van der Waals surface area (Å²) in [7, 11) is 0. The van der Waals surface area contributed by atoms with Gasteiger partial charge in [0.05, 0.1) is 12.2 Å². The van der Waals surface area contributed by atoms with Crippen LogP contribution in [0.5, 0.6) is 0 Å². The standard InChI is InChI=1S/C17H16F2N4/c1-11-4-2-3-5-13(11)10-23-17(16(9-20)21-22-23)12-6-7-14(18)15(19)8-12/h2-8H,9-10,20H2,1H3. The second-order valence-corrected chi connectivity index (χ2v) is 5.30. The second-order valence-electron chi connectivity index (χ2n) is 5.30. The number of nitrogens with two attached hydrogens (primary N) is 1. The van der Waals surface area contributed by atoms with Gasteiger partial charge in [0, 0.05) is 12.1 Å². The van der Waals surface area contributed by atoms with Crippen molar-refractivity contribution in [3.8, 4) is 11.3 Å². The van der Waals surface area contributed by atoms with E-state index in [1.54, 1.807) is 4.68 Å². The molecule has 6 heteroatoms. The molecular formula is C17H16F2N4. The molecule has 0 saturated heterocycles. The number of hydrogen-bond acceptors (Lipinski definition) is 3. The minimum absolute atomic E-state index is 0.169. The van der Waals surface area contributed by atoms with Crippen molar-refractivity contribution in [1.29, 1.82) is 0 Å². The van der Waals surface area contributed by atoms with Crippen molar-refractivity contribution in [2.45, 2.75) is 20.0 Å². The van der Waals surface area contributed by atoms with E-state index in [0.717, 1.165) is 23.3 Å². The van der Waals surface area contributed by atoms with Crippen LogP contribution in [-0.4, -0.2) is 15.0 Å². The fourth-order valence-corrected chi connectivity index (χ4v) is 2.51. The third kappa shape index (κ3) is 2.98. The van der Waals surface area contributed by atoms with Crippen molar-refractivity contribution in [1.82, 2.24) is 15.0 Å². The normalized spacial score (nSPS) is 11.0. The van der Waals surface area contributed by atoms with E-state index in [2.05, 4.69) is 10.3 Å². The van der Waals surface area contributed by atoms with Gasteiger partial charge in [-0.1, -0.05) is 29.5 Å². The molecule has 0 spiro atoms. The zero-order valence-electron chi connectivity index (χ0n) is 12.6. The highest BCUT2D eigenvalue weighted by Gasteiger charge is 2.16. The Morgan fingerprint density at radius 3 is 2.57 bits per heavy atom. The number of aromatic nitrogens is 3. The Hall–Kier alpha value is -2.60. The highest BCUT2D eigenvalue weighted by molar-refractivity contribution is 5.62. The van der Waals surface area contributed by atoms with Crippen LogP contribution in [0.1, 0.15) is 16.8 Å². The molecule has 1 aromatic heterocycles. The molecule has 23 heavy (non-hydrogen) atoms. The lowest BCUT2D eigenvalue weighted by Gasteiger charge is -2.10. The van der Waals surface area contributed by atoms with Gasteiger partial charge in [-0.3, -0.25) is 0 Å². The lowest BCUT2D eigenvalue weighted by Crippen LogP contribution is -2.07. The summed E-state index contributed by atoms with van der Waals surface area (Å²) < 4.78 is 28.4. The minimum Gasteiger partial charge on any atom is -0.325 e. The van der Waals surface area contributed by atoms with Crippen LogP contribution in [0.15, 0.2) is 42.5 Å². The first-order valence-corrected chi connectivity index (χ1v) is 7.22. The van der Waals surface area contributed by atoms with Crippen molar-refractivity contribution in [2.24, 2.45) is 5.73 Å². The van der Waals surface area contributed by atoms with Gasteiger partial charge >= 0.3 is 0 Å². The SMILES string of the molecule is Cc1ccccc1Cn1nnc(CN)c1-c1ccc(F)c(F)c1. The van der Waals surface area contributed by atoms with E-state index in [1.807, 2.05) is 31.2 Å². The summed E-state index contributed by atoms with van der Waals surface area (Å²) >= 11 is 0. The lowest BCUT2D eigenvalue weighted by molar-refractivity contribution is 0.509. The topological polar surface area (TPSA) is 56.7 Å². The number of aryl methyl sites for hydroxylation is 1. The van der Waals surface area contributed by atoms with Gasteiger partial charge in [-0.2, -0.15) is 0 Å². The third-order valence-corrected chi connectivity index (χ3v) is 3.77. The van der Waals surface area contributed by atoms with Gasteiger partial charge in [0.2, 0.25) is 0 Å². The van der Waals surface area contributed by atoms with Gasteiger partial charge in [-0.15, -0.1) is 5.10 Å². The van der Waals surface area contributed by atoms with E-state index in [0.29, 0.717) is 23.5 Å². The molecule has 0 radical (unpaired) electrons. The predicted molar refractivity (Wildman–Crippen MR) is 83.5 cm³/mol. The van der Waals surface area contributed by atoms with Gasteiger partial charge in [0.25, 0.3) is 0 Å². The molecule has 3 aromatic rings. The van der Waals surface area contributed by atoms with Crippen LogP contribution in [0.2, 0.25) is 0 Å². The summed E-state index contributed by atoms with van der Waals surface area (Å²) in [5.41, 5.74) is 9.56. The average molecular weight is 314 g/mol. The van der Waals surface area contributed by atoms with Crippen LogP contribution in [0, 0.1) is 18.6 Å². The van der Waals surface area contributed by atoms with Crippen LogP contribution in [0.3, 0.4) is 0 Å². The molecule has 4 nitrogen and oxygen atoms in total. The molecule has 2 N–H and O–H groups in total. The van der Waals surface area contributed by atoms with Crippen LogP contribution in [0.25, 0.3) is 11.3 Å². The maximum atomic E-state index is 13.6. The van der Waals surface area contributed by atoms with Crippen LogP contribution in [0.4, 0.5) is 8.78 Å². The first-order chi connectivity index (χ1) is 11.1. The van der Waals surface area contributed by atoms with Gasteiger partial charge in [0.15, 0.2) is 11.6 Å². The summed E-state index contributed by atoms with van der Waals surface area (Å²) in [6.07, 6.45) is 0. The fourth-order valence-electron chi connectivity index (χ4n) is 2.51.